The Morgan fingerprint density at radius 3 is 2.94 bits per heavy atom. The van der Waals surface area contributed by atoms with E-state index in [0.717, 1.165) is 9.35 Å². The van der Waals surface area contributed by atoms with Crippen molar-refractivity contribution < 1.29 is 9.84 Å². The predicted octanol–water partition coefficient (Wildman–Crippen LogP) is 3.19. The first-order chi connectivity index (χ1) is 8.20. The lowest BCUT2D eigenvalue weighted by molar-refractivity contribution is 0.173. The van der Waals surface area contributed by atoms with Crippen molar-refractivity contribution in [2.45, 2.75) is 12.5 Å². The highest BCUT2D eigenvalue weighted by Gasteiger charge is 2.13. The van der Waals surface area contributed by atoms with Crippen molar-refractivity contribution in [3.05, 3.63) is 44.7 Å². The lowest BCUT2D eigenvalue weighted by atomic mass is 10.1. The van der Waals surface area contributed by atoms with Crippen LogP contribution in [0.4, 0.5) is 0 Å². The monoisotopic (exact) mass is 313 g/mol. The molecule has 5 heteroatoms. The Hall–Kier alpha value is -0.910. The minimum Gasteiger partial charge on any atom is -0.481 e. The summed E-state index contributed by atoms with van der Waals surface area (Å²) in [6, 6.07) is 7.37. The van der Waals surface area contributed by atoms with E-state index in [9.17, 15) is 5.11 Å². The van der Waals surface area contributed by atoms with Crippen LogP contribution in [0, 0.1) is 0 Å². The molecule has 1 unspecified atom stereocenters. The van der Waals surface area contributed by atoms with Gasteiger partial charge in [0.2, 0.25) is 5.88 Å². The molecule has 3 nitrogen and oxygen atoms in total. The molecule has 1 N–H and O–H groups in total. The predicted molar refractivity (Wildman–Crippen MR) is 71.5 cm³/mol. The number of thiophene rings is 1. The van der Waals surface area contributed by atoms with Gasteiger partial charge in [-0.05, 0) is 33.4 Å². The molecule has 0 spiro atoms. The Balaban J connectivity index is 2.14. The molecular formula is C12H12BrNO2S. The largest absolute Gasteiger partial charge is 0.481 e. The van der Waals surface area contributed by atoms with E-state index >= 15 is 0 Å². The second-order valence-electron chi connectivity index (χ2n) is 3.52. The molecular weight excluding hydrogens is 302 g/mol. The van der Waals surface area contributed by atoms with Crippen molar-refractivity contribution in [3.63, 3.8) is 0 Å². The number of hydrogen-bond donors (Lipinski definition) is 1. The zero-order valence-corrected chi connectivity index (χ0v) is 11.7. The summed E-state index contributed by atoms with van der Waals surface area (Å²) >= 11 is 5.07. The number of aliphatic hydroxyl groups is 1. The number of ether oxygens (including phenoxy) is 1. The number of pyridine rings is 1. The number of nitrogens with zero attached hydrogens (tertiary/aromatic N) is 1. The highest BCUT2D eigenvalue weighted by molar-refractivity contribution is 9.10. The first-order valence-corrected chi connectivity index (χ1v) is 6.79. The highest BCUT2D eigenvalue weighted by Crippen LogP contribution is 2.28. The fourth-order valence-corrected chi connectivity index (χ4v) is 3.03. The maximum atomic E-state index is 10.1. The fraction of sp³-hybridized carbons (Fsp3) is 0.250. The van der Waals surface area contributed by atoms with E-state index in [1.54, 1.807) is 30.6 Å². The molecule has 2 heterocycles. The average Bonchev–Trinajstić information content (AvgIpc) is 2.75. The summed E-state index contributed by atoms with van der Waals surface area (Å²) in [5.74, 6) is 0.520. The summed E-state index contributed by atoms with van der Waals surface area (Å²) in [5.41, 5.74) is 0.629. The number of hydrogen-bond acceptors (Lipinski definition) is 4. The minimum absolute atomic E-state index is 0.520. The maximum Gasteiger partial charge on any atom is 0.213 e. The summed E-state index contributed by atoms with van der Waals surface area (Å²) < 4.78 is 6.07. The molecule has 2 aromatic rings. The SMILES string of the molecule is COc1cccc(C(O)Cc2sccc2Br)n1. The topological polar surface area (TPSA) is 42.4 Å². The van der Waals surface area contributed by atoms with Crippen molar-refractivity contribution >= 4 is 27.3 Å². The van der Waals surface area contributed by atoms with Gasteiger partial charge >= 0.3 is 0 Å². The molecule has 0 aliphatic rings. The number of aromatic nitrogens is 1. The van der Waals surface area contributed by atoms with E-state index in [1.807, 2.05) is 17.5 Å². The summed E-state index contributed by atoms with van der Waals surface area (Å²) in [6.07, 6.45) is -0.0571. The number of halogens is 1. The van der Waals surface area contributed by atoms with Gasteiger partial charge in [0.1, 0.15) is 6.10 Å². The van der Waals surface area contributed by atoms with Crippen molar-refractivity contribution in [1.82, 2.24) is 4.98 Å². The Morgan fingerprint density at radius 2 is 2.29 bits per heavy atom. The molecule has 2 rings (SSSR count). The highest BCUT2D eigenvalue weighted by atomic mass is 79.9. The molecule has 0 aromatic carbocycles. The normalized spacial score (nSPS) is 12.4. The van der Waals surface area contributed by atoms with E-state index in [4.69, 9.17) is 4.74 Å². The van der Waals surface area contributed by atoms with Gasteiger partial charge in [-0.1, -0.05) is 6.07 Å². The van der Waals surface area contributed by atoms with E-state index in [1.165, 1.54) is 0 Å². The average molecular weight is 314 g/mol. The maximum absolute atomic E-state index is 10.1. The minimum atomic E-state index is -0.611. The molecule has 0 fully saturated rings. The Kier molecular flexibility index (Phi) is 4.15. The van der Waals surface area contributed by atoms with Crippen LogP contribution in [0.3, 0.4) is 0 Å². The third kappa shape index (κ3) is 3.06. The second kappa shape index (κ2) is 5.62. The Bertz CT molecular complexity index is 501. The third-order valence-corrected chi connectivity index (χ3v) is 4.31. The molecule has 0 radical (unpaired) electrons. The number of methoxy groups -OCH3 is 1. The summed E-state index contributed by atoms with van der Waals surface area (Å²) in [7, 11) is 1.56. The second-order valence-corrected chi connectivity index (χ2v) is 5.37. The fourth-order valence-electron chi connectivity index (χ4n) is 1.48. The van der Waals surface area contributed by atoms with Crippen molar-refractivity contribution in [2.75, 3.05) is 7.11 Å². The van der Waals surface area contributed by atoms with Crippen LogP contribution in [0.25, 0.3) is 0 Å². The van der Waals surface area contributed by atoms with Crippen LogP contribution in [-0.4, -0.2) is 17.2 Å². The van der Waals surface area contributed by atoms with Gasteiger partial charge in [-0.3, -0.25) is 0 Å². The van der Waals surface area contributed by atoms with Crippen LogP contribution in [-0.2, 0) is 6.42 Å². The van der Waals surface area contributed by atoms with Gasteiger partial charge in [-0.25, -0.2) is 4.98 Å². The van der Waals surface area contributed by atoms with E-state index in [0.29, 0.717) is 18.0 Å². The molecule has 1 atom stereocenters. The first kappa shape index (κ1) is 12.5. The van der Waals surface area contributed by atoms with Crippen molar-refractivity contribution in [3.8, 4) is 5.88 Å². The van der Waals surface area contributed by atoms with Crippen molar-refractivity contribution in [2.24, 2.45) is 0 Å². The van der Waals surface area contributed by atoms with E-state index < -0.39 is 6.10 Å². The third-order valence-electron chi connectivity index (χ3n) is 2.37. The molecule has 17 heavy (non-hydrogen) atoms. The van der Waals surface area contributed by atoms with Crippen LogP contribution in [0.5, 0.6) is 5.88 Å². The zero-order valence-electron chi connectivity index (χ0n) is 9.26. The Labute approximate surface area is 112 Å². The van der Waals surface area contributed by atoms with Crippen LogP contribution >= 0.6 is 27.3 Å². The van der Waals surface area contributed by atoms with Gasteiger partial charge in [0.25, 0.3) is 0 Å². The van der Waals surface area contributed by atoms with Gasteiger partial charge in [0, 0.05) is 21.8 Å². The van der Waals surface area contributed by atoms with Crippen LogP contribution in [0.2, 0.25) is 0 Å². The van der Waals surface area contributed by atoms with Gasteiger partial charge in [0.15, 0.2) is 0 Å². The zero-order chi connectivity index (χ0) is 12.3. The number of rotatable bonds is 4. The summed E-state index contributed by atoms with van der Waals surface area (Å²) in [6.45, 7) is 0. The van der Waals surface area contributed by atoms with Gasteiger partial charge < -0.3 is 9.84 Å². The molecule has 0 aliphatic carbocycles. The molecule has 0 saturated carbocycles. The lowest BCUT2D eigenvalue weighted by Crippen LogP contribution is -2.04. The van der Waals surface area contributed by atoms with Gasteiger partial charge in [0.05, 0.1) is 12.8 Å². The standard InChI is InChI=1S/C12H12BrNO2S/c1-16-12-4-2-3-9(14-12)10(15)7-11-8(13)5-6-17-11/h2-6,10,15H,7H2,1H3. The molecule has 0 amide bonds. The molecule has 90 valence electrons. The first-order valence-electron chi connectivity index (χ1n) is 5.11. The van der Waals surface area contributed by atoms with Crippen molar-refractivity contribution in [1.29, 1.82) is 0 Å². The van der Waals surface area contributed by atoms with E-state index in [2.05, 4.69) is 20.9 Å². The smallest absolute Gasteiger partial charge is 0.213 e. The molecule has 0 aliphatic heterocycles. The van der Waals surface area contributed by atoms with Crippen LogP contribution < -0.4 is 4.74 Å². The van der Waals surface area contributed by atoms with Crippen LogP contribution in [0.1, 0.15) is 16.7 Å². The summed E-state index contributed by atoms with van der Waals surface area (Å²) in [5, 5.41) is 12.1. The number of aliphatic hydroxyl groups excluding tert-OH is 1. The lowest BCUT2D eigenvalue weighted by Gasteiger charge is -2.10. The van der Waals surface area contributed by atoms with Crippen LogP contribution in [0.15, 0.2) is 34.1 Å². The van der Waals surface area contributed by atoms with Gasteiger partial charge in [-0.15, -0.1) is 11.3 Å². The quantitative estimate of drug-likeness (QED) is 0.942. The summed E-state index contributed by atoms with van der Waals surface area (Å²) in [4.78, 5) is 5.33. The van der Waals surface area contributed by atoms with E-state index in [-0.39, 0.29) is 0 Å². The molecule has 0 bridgehead atoms. The van der Waals surface area contributed by atoms with Gasteiger partial charge in [-0.2, -0.15) is 0 Å². The molecule has 0 saturated heterocycles. The molecule has 2 aromatic heterocycles. The Morgan fingerprint density at radius 1 is 1.47 bits per heavy atom.